The van der Waals surface area contributed by atoms with Gasteiger partial charge in [0.2, 0.25) is 0 Å². The van der Waals surface area contributed by atoms with Gasteiger partial charge in [-0.25, -0.2) is 14.3 Å². The van der Waals surface area contributed by atoms with Gasteiger partial charge in [-0.3, -0.25) is 0 Å². The van der Waals surface area contributed by atoms with Crippen molar-refractivity contribution in [1.82, 2.24) is 14.6 Å². The van der Waals surface area contributed by atoms with E-state index < -0.39 is 5.97 Å². The van der Waals surface area contributed by atoms with Gasteiger partial charge < -0.3 is 9.84 Å². The molecular weight excluding hydrogens is 270 g/mol. The van der Waals surface area contributed by atoms with E-state index in [1.54, 1.807) is 30.3 Å². The van der Waals surface area contributed by atoms with Crippen LogP contribution < -0.4 is 0 Å². The Morgan fingerprint density at radius 2 is 2.00 bits per heavy atom. The number of hydrogen-bond donors (Lipinski definition) is 1. The number of nitrogens with zero attached hydrogens (tertiary/aromatic N) is 3. The number of esters is 1. The smallest absolute Gasteiger partial charge is 0.356 e. The maximum Gasteiger partial charge on any atom is 0.356 e. The highest BCUT2D eigenvalue weighted by molar-refractivity contribution is 5.88. The number of fused-ring (bicyclic) bond motifs is 1. The molecule has 0 aliphatic heterocycles. The van der Waals surface area contributed by atoms with Crippen LogP contribution in [0.3, 0.4) is 0 Å². The van der Waals surface area contributed by atoms with E-state index in [1.165, 1.54) is 11.6 Å². The molecule has 0 unspecified atom stereocenters. The van der Waals surface area contributed by atoms with E-state index in [4.69, 9.17) is 4.74 Å². The van der Waals surface area contributed by atoms with Crippen LogP contribution in [-0.2, 0) is 11.2 Å². The van der Waals surface area contributed by atoms with Crippen LogP contribution in [0, 0.1) is 0 Å². The average molecular weight is 283 g/mol. The third-order valence-corrected chi connectivity index (χ3v) is 3.10. The molecule has 0 atom stereocenters. The first-order valence-electron chi connectivity index (χ1n) is 6.38. The fraction of sp³-hybridized carbons (Fsp3) is 0.133. The Kier molecular flexibility index (Phi) is 3.27. The number of carbonyl (C=O) groups is 1. The lowest BCUT2D eigenvalue weighted by molar-refractivity contribution is 0.0591. The van der Waals surface area contributed by atoms with Gasteiger partial charge in [-0.1, -0.05) is 18.2 Å². The SMILES string of the molecule is COC(=O)c1cccc2nc(Cc3ccc(O)cc3)nn12. The lowest BCUT2D eigenvalue weighted by Gasteiger charge is -2.00. The van der Waals surface area contributed by atoms with Gasteiger partial charge in [-0.2, -0.15) is 5.10 Å². The zero-order chi connectivity index (χ0) is 14.8. The van der Waals surface area contributed by atoms with Crippen molar-refractivity contribution in [2.45, 2.75) is 6.42 Å². The fourth-order valence-corrected chi connectivity index (χ4v) is 2.08. The molecule has 0 aliphatic rings. The molecule has 3 rings (SSSR count). The normalized spacial score (nSPS) is 10.7. The first-order chi connectivity index (χ1) is 10.2. The van der Waals surface area contributed by atoms with Gasteiger partial charge in [0.05, 0.1) is 7.11 Å². The van der Waals surface area contributed by atoms with Crippen LogP contribution in [0.15, 0.2) is 42.5 Å². The van der Waals surface area contributed by atoms with Crippen molar-refractivity contribution in [2.75, 3.05) is 7.11 Å². The Morgan fingerprint density at radius 1 is 1.24 bits per heavy atom. The largest absolute Gasteiger partial charge is 0.508 e. The van der Waals surface area contributed by atoms with Gasteiger partial charge in [-0.15, -0.1) is 0 Å². The molecule has 1 aromatic carbocycles. The average Bonchev–Trinajstić information content (AvgIpc) is 2.91. The number of aromatic hydroxyl groups is 1. The number of ether oxygens (including phenoxy) is 1. The Labute approximate surface area is 120 Å². The Morgan fingerprint density at radius 3 is 2.71 bits per heavy atom. The van der Waals surface area contributed by atoms with Crippen LogP contribution in [0.5, 0.6) is 5.75 Å². The summed E-state index contributed by atoms with van der Waals surface area (Å²) in [6, 6.07) is 12.0. The number of hydrogen-bond acceptors (Lipinski definition) is 5. The Hall–Kier alpha value is -2.89. The highest BCUT2D eigenvalue weighted by Gasteiger charge is 2.13. The van der Waals surface area contributed by atoms with Crippen molar-refractivity contribution in [2.24, 2.45) is 0 Å². The van der Waals surface area contributed by atoms with Gasteiger partial charge in [0.25, 0.3) is 0 Å². The predicted molar refractivity (Wildman–Crippen MR) is 75.2 cm³/mol. The molecule has 0 amide bonds. The summed E-state index contributed by atoms with van der Waals surface area (Å²) in [7, 11) is 1.33. The van der Waals surface area contributed by atoms with E-state index in [1.807, 2.05) is 12.1 Å². The minimum absolute atomic E-state index is 0.217. The van der Waals surface area contributed by atoms with E-state index >= 15 is 0 Å². The lowest BCUT2D eigenvalue weighted by Crippen LogP contribution is -2.08. The topological polar surface area (TPSA) is 76.7 Å². The third kappa shape index (κ3) is 2.55. The lowest BCUT2D eigenvalue weighted by atomic mass is 10.1. The molecule has 0 spiro atoms. The number of phenols is 1. The van der Waals surface area contributed by atoms with E-state index in [-0.39, 0.29) is 5.75 Å². The van der Waals surface area contributed by atoms with Gasteiger partial charge >= 0.3 is 5.97 Å². The highest BCUT2D eigenvalue weighted by Crippen LogP contribution is 2.14. The predicted octanol–water partition coefficient (Wildman–Crippen LogP) is 1.81. The summed E-state index contributed by atoms with van der Waals surface area (Å²) >= 11 is 0. The zero-order valence-electron chi connectivity index (χ0n) is 11.4. The summed E-state index contributed by atoms with van der Waals surface area (Å²) in [5.74, 6) is 0.355. The fourth-order valence-electron chi connectivity index (χ4n) is 2.08. The highest BCUT2D eigenvalue weighted by atomic mass is 16.5. The summed E-state index contributed by atoms with van der Waals surface area (Å²) in [5.41, 5.74) is 1.90. The second-order valence-corrected chi connectivity index (χ2v) is 4.54. The van der Waals surface area contributed by atoms with Crippen molar-refractivity contribution in [3.8, 4) is 5.75 Å². The summed E-state index contributed by atoms with van der Waals surface area (Å²) in [6.45, 7) is 0. The monoisotopic (exact) mass is 283 g/mol. The van der Waals surface area contributed by atoms with Crippen LogP contribution in [-0.4, -0.2) is 32.8 Å². The molecule has 0 bridgehead atoms. The molecule has 106 valence electrons. The molecule has 6 nitrogen and oxygen atoms in total. The van der Waals surface area contributed by atoms with E-state index in [9.17, 15) is 9.90 Å². The van der Waals surface area contributed by atoms with E-state index in [0.717, 1.165) is 5.56 Å². The molecule has 0 saturated carbocycles. The van der Waals surface area contributed by atoms with Crippen molar-refractivity contribution in [3.63, 3.8) is 0 Å². The van der Waals surface area contributed by atoms with E-state index in [0.29, 0.717) is 23.6 Å². The number of aromatic nitrogens is 3. The standard InChI is InChI=1S/C15H13N3O3/c1-21-15(20)12-3-2-4-14-16-13(17-18(12)14)9-10-5-7-11(19)8-6-10/h2-8,19H,9H2,1H3. The number of pyridine rings is 1. The second kappa shape index (κ2) is 5.24. The van der Waals surface area contributed by atoms with Gasteiger partial charge in [0.15, 0.2) is 17.2 Å². The summed E-state index contributed by atoms with van der Waals surface area (Å²) in [6.07, 6.45) is 0.516. The maximum atomic E-state index is 11.7. The van der Waals surface area contributed by atoms with Crippen molar-refractivity contribution in [1.29, 1.82) is 0 Å². The maximum absolute atomic E-state index is 11.7. The third-order valence-electron chi connectivity index (χ3n) is 3.10. The zero-order valence-corrected chi connectivity index (χ0v) is 11.4. The molecule has 0 radical (unpaired) electrons. The number of rotatable bonds is 3. The van der Waals surface area contributed by atoms with Gasteiger partial charge in [-0.05, 0) is 29.8 Å². The van der Waals surface area contributed by atoms with Crippen LogP contribution in [0.4, 0.5) is 0 Å². The number of methoxy groups -OCH3 is 1. The molecule has 6 heteroatoms. The van der Waals surface area contributed by atoms with Crippen molar-refractivity contribution < 1.29 is 14.6 Å². The van der Waals surface area contributed by atoms with Gasteiger partial charge in [0.1, 0.15) is 5.75 Å². The van der Waals surface area contributed by atoms with Crippen molar-refractivity contribution in [3.05, 3.63) is 59.5 Å². The molecule has 0 fully saturated rings. The minimum atomic E-state index is -0.457. The first kappa shape index (κ1) is 13.1. The number of phenolic OH excluding ortho intramolecular Hbond substituents is 1. The Bertz CT molecular complexity index is 794. The van der Waals surface area contributed by atoms with Crippen molar-refractivity contribution >= 4 is 11.6 Å². The van der Waals surface area contributed by atoms with Crippen LogP contribution in [0.25, 0.3) is 5.65 Å². The van der Waals surface area contributed by atoms with Crippen LogP contribution >= 0.6 is 0 Å². The molecule has 3 aromatic rings. The Balaban J connectivity index is 1.97. The summed E-state index contributed by atoms with van der Waals surface area (Å²) < 4.78 is 6.20. The molecule has 0 aliphatic carbocycles. The summed E-state index contributed by atoms with van der Waals surface area (Å²) in [4.78, 5) is 16.1. The number of benzene rings is 1. The summed E-state index contributed by atoms with van der Waals surface area (Å²) in [5, 5.41) is 13.6. The molecule has 1 N–H and O–H groups in total. The van der Waals surface area contributed by atoms with Gasteiger partial charge in [0, 0.05) is 6.42 Å². The quantitative estimate of drug-likeness (QED) is 0.742. The van der Waals surface area contributed by atoms with Crippen LogP contribution in [0.2, 0.25) is 0 Å². The first-order valence-corrected chi connectivity index (χ1v) is 6.38. The van der Waals surface area contributed by atoms with E-state index in [2.05, 4.69) is 10.1 Å². The molecule has 21 heavy (non-hydrogen) atoms. The molecule has 2 aromatic heterocycles. The number of carbonyl (C=O) groups excluding carboxylic acids is 1. The molecular formula is C15H13N3O3. The second-order valence-electron chi connectivity index (χ2n) is 4.54. The molecule has 2 heterocycles. The molecule has 0 saturated heterocycles. The van der Waals surface area contributed by atoms with Crippen LogP contribution in [0.1, 0.15) is 21.9 Å². The minimum Gasteiger partial charge on any atom is -0.508 e.